The summed E-state index contributed by atoms with van der Waals surface area (Å²) in [4.78, 5) is 15.6. The summed E-state index contributed by atoms with van der Waals surface area (Å²) < 4.78 is 1.98. The summed E-state index contributed by atoms with van der Waals surface area (Å²) in [6, 6.07) is 10.9. The van der Waals surface area contributed by atoms with Gasteiger partial charge in [-0.2, -0.15) is 0 Å². The standard InChI is InChI=1S/C22H31N5O.ClH/c1-17-21(24-25-27(17)20-12-14-23-15-13-20)22(28)26(19-10-6-3-7-11-19)16-18-8-4-2-5-9-18;/h2,4-5,8-9,19-20,23H,3,6-7,10-16H2,1H3;1H. The highest BCUT2D eigenvalue weighted by Crippen LogP contribution is 2.27. The van der Waals surface area contributed by atoms with E-state index < -0.39 is 0 Å². The van der Waals surface area contributed by atoms with E-state index in [4.69, 9.17) is 0 Å². The Kier molecular flexibility index (Phi) is 7.67. The molecular formula is C22H32ClN5O. The first-order valence-corrected chi connectivity index (χ1v) is 10.7. The Hall–Kier alpha value is -1.92. The highest BCUT2D eigenvalue weighted by molar-refractivity contribution is 5.93. The van der Waals surface area contributed by atoms with E-state index in [0.717, 1.165) is 44.5 Å². The molecule has 2 heterocycles. The first-order chi connectivity index (χ1) is 13.7. The Morgan fingerprint density at radius 3 is 2.48 bits per heavy atom. The van der Waals surface area contributed by atoms with Crippen LogP contribution in [0.25, 0.3) is 0 Å². The maximum atomic E-state index is 13.6. The molecule has 0 bridgehead atoms. The minimum absolute atomic E-state index is 0. The molecule has 29 heavy (non-hydrogen) atoms. The van der Waals surface area contributed by atoms with Crippen molar-refractivity contribution in [1.82, 2.24) is 25.2 Å². The van der Waals surface area contributed by atoms with Gasteiger partial charge in [0.05, 0.1) is 11.7 Å². The SMILES string of the molecule is Cc1c(C(=O)N(Cc2ccccc2)C2CCCCC2)nnn1C1CCNCC1.Cl. The average molecular weight is 418 g/mol. The number of benzene rings is 1. The second-order valence-electron chi connectivity index (χ2n) is 8.16. The average Bonchev–Trinajstić information content (AvgIpc) is 3.15. The van der Waals surface area contributed by atoms with E-state index in [1.807, 2.05) is 29.8 Å². The second-order valence-corrected chi connectivity index (χ2v) is 8.16. The topological polar surface area (TPSA) is 63.1 Å². The summed E-state index contributed by atoms with van der Waals surface area (Å²) in [6.45, 7) is 4.63. The zero-order valence-electron chi connectivity index (χ0n) is 17.2. The van der Waals surface area contributed by atoms with Crippen LogP contribution >= 0.6 is 12.4 Å². The summed E-state index contributed by atoms with van der Waals surface area (Å²) in [7, 11) is 0. The molecule has 1 aliphatic heterocycles. The number of carbonyl (C=O) groups is 1. The highest BCUT2D eigenvalue weighted by atomic mass is 35.5. The van der Waals surface area contributed by atoms with E-state index in [2.05, 4.69) is 32.7 Å². The van der Waals surface area contributed by atoms with Crippen molar-refractivity contribution in [1.29, 1.82) is 0 Å². The van der Waals surface area contributed by atoms with E-state index in [-0.39, 0.29) is 18.3 Å². The van der Waals surface area contributed by atoms with Gasteiger partial charge < -0.3 is 10.2 Å². The van der Waals surface area contributed by atoms with Crippen molar-refractivity contribution in [3.8, 4) is 0 Å². The summed E-state index contributed by atoms with van der Waals surface area (Å²) >= 11 is 0. The lowest BCUT2D eigenvalue weighted by molar-refractivity contribution is 0.0607. The molecule has 2 fully saturated rings. The van der Waals surface area contributed by atoms with Crippen LogP contribution in [-0.4, -0.2) is 44.9 Å². The van der Waals surface area contributed by atoms with Crippen LogP contribution in [-0.2, 0) is 6.54 Å². The molecule has 2 aromatic rings. The van der Waals surface area contributed by atoms with Crippen molar-refractivity contribution in [2.75, 3.05) is 13.1 Å². The smallest absolute Gasteiger partial charge is 0.276 e. The fraction of sp³-hybridized carbons (Fsp3) is 0.591. The van der Waals surface area contributed by atoms with Crippen molar-refractivity contribution < 1.29 is 4.79 Å². The molecule has 7 heteroatoms. The molecule has 1 N–H and O–H groups in total. The lowest BCUT2D eigenvalue weighted by Gasteiger charge is -2.34. The number of piperidine rings is 1. The Labute approximate surface area is 179 Å². The lowest BCUT2D eigenvalue weighted by Crippen LogP contribution is -2.41. The van der Waals surface area contributed by atoms with E-state index in [1.54, 1.807) is 0 Å². The van der Waals surface area contributed by atoms with Crippen LogP contribution in [0.5, 0.6) is 0 Å². The fourth-order valence-electron chi connectivity index (χ4n) is 4.61. The predicted octanol–water partition coefficient (Wildman–Crippen LogP) is 3.91. The van der Waals surface area contributed by atoms with Crippen LogP contribution in [0.1, 0.15) is 72.7 Å². The van der Waals surface area contributed by atoms with Gasteiger partial charge in [0.2, 0.25) is 0 Å². The Morgan fingerprint density at radius 2 is 1.79 bits per heavy atom. The van der Waals surface area contributed by atoms with Gasteiger partial charge in [-0.1, -0.05) is 54.8 Å². The molecule has 0 radical (unpaired) electrons. The summed E-state index contributed by atoms with van der Waals surface area (Å²) in [5.74, 6) is 0.0356. The predicted molar refractivity (Wildman–Crippen MR) is 116 cm³/mol. The van der Waals surface area contributed by atoms with Gasteiger partial charge >= 0.3 is 0 Å². The molecule has 1 aliphatic carbocycles. The third-order valence-corrected chi connectivity index (χ3v) is 6.26. The van der Waals surface area contributed by atoms with Gasteiger partial charge in [-0.3, -0.25) is 4.79 Å². The number of hydrogen-bond acceptors (Lipinski definition) is 4. The van der Waals surface area contributed by atoms with Crippen molar-refractivity contribution in [3.05, 3.63) is 47.3 Å². The van der Waals surface area contributed by atoms with Gasteiger partial charge in [0, 0.05) is 12.6 Å². The van der Waals surface area contributed by atoms with Crippen LogP contribution < -0.4 is 5.32 Å². The van der Waals surface area contributed by atoms with E-state index in [1.165, 1.54) is 24.8 Å². The largest absolute Gasteiger partial charge is 0.330 e. The molecule has 0 spiro atoms. The minimum Gasteiger partial charge on any atom is -0.330 e. The van der Waals surface area contributed by atoms with Gasteiger partial charge in [-0.05, 0) is 51.3 Å². The summed E-state index contributed by atoms with van der Waals surface area (Å²) in [5, 5.41) is 12.1. The van der Waals surface area contributed by atoms with Crippen molar-refractivity contribution >= 4 is 18.3 Å². The number of rotatable bonds is 5. The number of aromatic nitrogens is 3. The summed E-state index contributed by atoms with van der Waals surface area (Å²) in [5.41, 5.74) is 2.61. The van der Waals surface area contributed by atoms with E-state index in [9.17, 15) is 4.79 Å². The van der Waals surface area contributed by atoms with Crippen LogP contribution in [0, 0.1) is 6.92 Å². The van der Waals surface area contributed by atoms with Crippen molar-refractivity contribution in [2.45, 2.75) is 70.5 Å². The second kappa shape index (κ2) is 10.2. The zero-order chi connectivity index (χ0) is 19.3. The molecular weight excluding hydrogens is 386 g/mol. The molecule has 1 saturated carbocycles. The van der Waals surface area contributed by atoms with Crippen molar-refractivity contribution in [3.63, 3.8) is 0 Å². The number of halogens is 1. The molecule has 1 saturated heterocycles. The van der Waals surface area contributed by atoms with Gasteiger partial charge in [-0.15, -0.1) is 17.5 Å². The number of hydrogen-bond donors (Lipinski definition) is 1. The molecule has 4 rings (SSSR count). The first kappa shape index (κ1) is 21.8. The van der Waals surface area contributed by atoms with Crippen LogP contribution in [0.4, 0.5) is 0 Å². The molecule has 0 unspecified atom stereocenters. The number of nitrogens with zero attached hydrogens (tertiary/aromatic N) is 4. The molecule has 2 aliphatic rings. The first-order valence-electron chi connectivity index (χ1n) is 10.7. The molecule has 1 aromatic carbocycles. The van der Waals surface area contributed by atoms with Crippen LogP contribution in [0.15, 0.2) is 30.3 Å². The lowest BCUT2D eigenvalue weighted by atomic mass is 9.93. The third-order valence-electron chi connectivity index (χ3n) is 6.26. The molecule has 6 nitrogen and oxygen atoms in total. The molecule has 1 amide bonds. The highest BCUT2D eigenvalue weighted by Gasteiger charge is 2.31. The van der Waals surface area contributed by atoms with Gasteiger partial charge in [0.1, 0.15) is 0 Å². The van der Waals surface area contributed by atoms with Gasteiger partial charge in [-0.25, -0.2) is 4.68 Å². The number of amides is 1. The summed E-state index contributed by atoms with van der Waals surface area (Å²) in [6.07, 6.45) is 7.91. The van der Waals surface area contributed by atoms with Gasteiger partial charge in [0.15, 0.2) is 5.69 Å². The molecule has 158 valence electrons. The number of nitrogens with one attached hydrogen (secondary N) is 1. The van der Waals surface area contributed by atoms with Crippen molar-refractivity contribution in [2.24, 2.45) is 0 Å². The molecule has 1 aromatic heterocycles. The van der Waals surface area contributed by atoms with Crippen LogP contribution in [0.2, 0.25) is 0 Å². The minimum atomic E-state index is 0. The monoisotopic (exact) mass is 417 g/mol. The molecule has 0 atom stereocenters. The third kappa shape index (κ3) is 4.98. The maximum absolute atomic E-state index is 13.6. The Bertz CT molecular complexity index is 782. The number of carbonyl (C=O) groups excluding carboxylic acids is 1. The van der Waals surface area contributed by atoms with Gasteiger partial charge in [0.25, 0.3) is 5.91 Å². The quantitative estimate of drug-likeness (QED) is 0.801. The van der Waals surface area contributed by atoms with E-state index >= 15 is 0 Å². The fourth-order valence-corrected chi connectivity index (χ4v) is 4.61. The van der Waals surface area contributed by atoms with E-state index in [0.29, 0.717) is 24.3 Å². The van der Waals surface area contributed by atoms with Crippen LogP contribution in [0.3, 0.4) is 0 Å². The Morgan fingerprint density at radius 1 is 1.10 bits per heavy atom. The maximum Gasteiger partial charge on any atom is 0.276 e. The Balaban J connectivity index is 0.00000240. The normalized spacial score (nSPS) is 18.2. The zero-order valence-corrected chi connectivity index (χ0v) is 18.0.